The number of hydrogen-bond donors (Lipinski definition) is 1. The fraction of sp³-hybridized carbons (Fsp3) is 0.318. The van der Waals surface area contributed by atoms with Gasteiger partial charge in [0.1, 0.15) is 5.54 Å². The number of rotatable bonds is 1. The molecule has 0 saturated carbocycles. The van der Waals surface area contributed by atoms with E-state index in [-0.39, 0.29) is 22.9 Å². The third-order valence-corrected chi connectivity index (χ3v) is 7.98. The molecule has 1 N–H and O–H groups in total. The van der Waals surface area contributed by atoms with Gasteiger partial charge in [0.2, 0.25) is 11.8 Å². The highest BCUT2D eigenvalue weighted by Crippen LogP contribution is 2.61. The van der Waals surface area contributed by atoms with Crippen LogP contribution >= 0.6 is 34.8 Å². The topological polar surface area (TPSA) is 69.7 Å². The highest BCUT2D eigenvalue weighted by Gasteiger charge is 2.74. The zero-order chi connectivity index (χ0) is 21.7. The molecular formula is C22H16Cl3N3O3. The Labute approximate surface area is 193 Å². The average molecular weight is 477 g/mol. The second-order valence-electron chi connectivity index (χ2n) is 8.40. The summed E-state index contributed by atoms with van der Waals surface area (Å²) in [6, 6.07) is 9.76. The second-order valence-corrected chi connectivity index (χ2v) is 9.65. The lowest BCUT2D eigenvalue weighted by molar-refractivity contribution is -0.135. The van der Waals surface area contributed by atoms with E-state index in [9.17, 15) is 14.4 Å². The predicted octanol–water partition coefficient (Wildman–Crippen LogP) is 4.08. The fourth-order valence-electron chi connectivity index (χ4n) is 6.09. The molecular weight excluding hydrogens is 461 g/mol. The average Bonchev–Trinajstić information content (AvgIpc) is 3.42. The zero-order valence-corrected chi connectivity index (χ0v) is 18.3. The van der Waals surface area contributed by atoms with Crippen molar-refractivity contribution in [2.75, 3.05) is 16.8 Å². The number of hydrogen-bond acceptors (Lipinski definition) is 4. The van der Waals surface area contributed by atoms with Crippen molar-refractivity contribution in [1.29, 1.82) is 0 Å². The minimum absolute atomic E-state index is 0.201. The summed E-state index contributed by atoms with van der Waals surface area (Å²) in [6.07, 6.45) is 1.59. The van der Waals surface area contributed by atoms with E-state index in [2.05, 4.69) is 10.2 Å². The van der Waals surface area contributed by atoms with Crippen LogP contribution in [0.5, 0.6) is 0 Å². The monoisotopic (exact) mass is 475 g/mol. The number of imide groups is 1. The van der Waals surface area contributed by atoms with E-state index < -0.39 is 23.3 Å². The summed E-state index contributed by atoms with van der Waals surface area (Å²) < 4.78 is 0. The van der Waals surface area contributed by atoms with E-state index in [1.165, 1.54) is 6.07 Å². The van der Waals surface area contributed by atoms with Crippen molar-refractivity contribution >= 4 is 63.9 Å². The SMILES string of the molecule is O=C1C2C3CCCN3C3(C(=O)Nc4c(Cl)cccc43)C2C(=O)N1c1ccc(Cl)cc1Cl. The molecule has 0 radical (unpaired) electrons. The van der Waals surface area contributed by atoms with E-state index in [1.54, 1.807) is 24.3 Å². The van der Waals surface area contributed by atoms with Crippen molar-refractivity contribution in [1.82, 2.24) is 4.90 Å². The summed E-state index contributed by atoms with van der Waals surface area (Å²) in [5, 5.41) is 3.93. The molecule has 2 aromatic rings. The van der Waals surface area contributed by atoms with E-state index in [1.807, 2.05) is 6.07 Å². The molecule has 4 heterocycles. The smallest absolute Gasteiger partial charge is 0.250 e. The number of benzene rings is 2. The molecule has 4 aliphatic rings. The fourth-order valence-corrected chi connectivity index (χ4v) is 6.81. The summed E-state index contributed by atoms with van der Waals surface area (Å²) in [6.45, 7) is 0.638. The Hall–Kier alpha value is -2.12. The number of anilines is 2. The van der Waals surface area contributed by atoms with Gasteiger partial charge in [-0.25, -0.2) is 4.90 Å². The first kappa shape index (κ1) is 19.6. The van der Waals surface area contributed by atoms with Crippen LogP contribution in [-0.2, 0) is 19.9 Å². The van der Waals surface area contributed by atoms with Gasteiger partial charge in [-0.15, -0.1) is 0 Å². The van der Waals surface area contributed by atoms with Crippen LogP contribution in [0.3, 0.4) is 0 Å². The number of nitrogens with one attached hydrogen (secondary N) is 1. The predicted molar refractivity (Wildman–Crippen MR) is 117 cm³/mol. The maximum atomic E-state index is 13.8. The Morgan fingerprint density at radius 3 is 2.58 bits per heavy atom. The Morgan fingerprint density at radius 1 is 1.00 bits per heavy atom. The lowest BCUT2D eigenvalue weighted by Crippen LogP contribution is -2.54. The Bertz CT molecular complexity index is 1200. The number of nitrogens with zero attached hydrogens (tertiary/aromatic N) is 2. The van der Waals surface area contributed by atoms with Gasteiger partial charge in [0.15, 0.2) is 0 Å². The van der Waals surface area contributed by atoms with E-state index in [0.717, 1.165) is 17.7 Å². The van der Waals surface area contributed by atoms with Gasteiger partial charge in [0.25, 0.3) is 5.91 Å². The molecule has 31 heavy (non-hydrogen) atoms. The molecule has 0 aromatic heterocycles. The van der Waals surface area contributed by atoms with Crippen molar-refractivity contribution in [2.24, 2.45) is 11.8 Å². The van der Waals surface area contributed by atoms with Gasteiger partial charge < -0.3 is 5.32 Å². The normalized spacial score (nSPS) is 31.4. The Balaban J connectivity index is 1.57. The van der Waals surface area contributed by atoms with Crippen LogP contribution in [-0.4, -0.2) is 35.2 Å². The molecule has 0 aliphatic carbocycles. The van der Waals surface area contributed by atoms with Gasteiger partial charge in [-0.1, -0.05) is 46.9 Å². The summed E-state index contributed by atoms with van der Waals surface area (Å²) in [5.41, 5.74) is 0.213. The molecule has 3 saturated heterocycles. The quantitative estimate of drug-likeness (QED) is 0.630. The molecule has 3 fully saturated rings. The minimum atomic E-state index is -1.26. The largest absolute Gasteiger partial charge is 0.323 e. The van der Waals surface area contributed by atoms with Crippen LogP contribution in [0, 0.1) is 11.8 Å². The van der Waals surface area contributed by atoms with Crippen molar-refractivity contribution in [2.45, 2.75) is 24.4 Å². The highest BCUT2D eigenvalue weighted by atomic mass is 35.5. The molecule has 6 nitrogen and oxygen atoms in total. The molecule has 9 heteroatoms. The van der Waals surface area contributed by atoms with Gasteiger partial charge >= 0.3 is 0 Å². The molecule has 6 rings (SSSR count). The first-order valence-electron chi connectivity index (χ1n) is 10.1. The first-order valence-corrected chi connectivity index (χ1v) is 11.2. The third kappa shape index (κ3) is 2.26. The van der Waals surface area contributed by atoms with Crippen molar-refractivity contribution < 1.29 is 14.4 Å². The van der Waals surface area contributed by atoms with Crippen LogP contribution < -0.4 is 10.2 Å². The maximum absolute atomic E-state index is 13.8. The van der Waals surface area contributed by atoms with Crippen LogP contribution in [0.2, 0.25) is 15.1 Å². The van der Waals surface area contributed by atoms with E-state index in [4.69, 9.17) is 34.8 Å². The number of para-hydroxylation sites is 1. The van der Waals surface area contributed by atoms with Crippen LogP contribution in [0.4, 0.5) is 11.4 Å². The standard InChI is InChI=1S/C22H16Cl3N3O3/c23-10-6-7-14(13(25)9-10)28-19(29)16-15-5-2-8-27(15)22(17(16)20(28)30)11-3-1-4-12(24)18(11)26-21(22)31/h1,3-4,6-7,9,15-17H,2,5,8H2,(H,26,31). The van der Waals surface area contributed by atoms with Crippen LogP contribution in [0.1, 0.15) is 18.4 Å². The lowest BCUT2D eigenvalue weighted by Gasteiger charge is -2.36. The van der Waals surface area contributed by atoms with E-state index in [0.29, 0.717) is 33.5 Å². The second kappa shape index (κ2) is 6.45. The summed E-state index contributed by atoms with van der Waals surface area (Å²) in [7, 11) is 0. The number of carbonyl (C=O) groups is 3. The molecule has 4 aliphatic heterocycles. The van der Waals surface area contributed by atoms with Gasteiger partial charge in [-0.05, 0) is 43.7 Å². The van der Waals surface area contributed by atoms with E-state index >= 15 is 0 Å². The van der Waals surface area contributed by atoms with Crippen LogP contribution in [0.15, 0.2) is 36.4 Å². The maximum Gasteiger partial charge on any atom is 0.250 e. The molecule has 4 atom stereocenters. The van der Waals surface area contributed by atoms with Crippen LogP contribution in [0.25, 0.3) is 0 Å². The molecule has 4 unspecified atom stereocenters. The molecule has 3 amide bonds. The number of amides is 3. The minimum Gasteiger partial charge on any atom is -0.323 e. The summed E-state index contributed by atoms with van der Waals surface area (Å²) in [5.74, 6) is -2.53. The molecule has 2 aromatic carbocycles. The van der Waals surface area contributed by atoms with Gasteiger partial charge in [-0.2, -0.15) is 0 Å². The number of carbonyl (C=O) groups excluding carboxylic acids is 3. The lowest BCUT2D eigenvalue weighted by atomic mass is 9.75. The number of halogens is 3. The Kier molecular flexibility index (Phi) is 4.07. The Morgan fingerprint density at radius 2 is 1.81 bits per heavy atom. The van der Waals surface area contributed by atoms with Gasteiger partial charge in [0.05, 0.1) is 33.3 Å². The zero-order valence-electron chi connectivity index (χ0n) is 16.1. The summed E-state index contributed by atoms with van der Waals surface area (Å²) >= 11 is 18.7. The number of fused-ring (bicyclic) bond motifs is 7. The van der Waals surface area contributed by atoms with Gasteiger partial charge in [0, 0.05) is 16.6 Å². The third-order valence-electron chi connectivity index (χ3n) is 7.13. The van der Waals surface area contributed by atoms with Crippen molar-refractivity contribution in [3.05, 3.63) is 57.0 Å². The highest BCUT2D eigenvalue weighted by molar-refractivity contribution is 6.39. The van der Waals surface area contributed by atoms with Gasteiger partial charge in [-0.3, -0.25) is 19.3 Å². The van der Waals surface area contributed by atoms with Crippen molar-refractivity contribution in [3.8, 4) is 0 Å². The first-order chi connectivity index (χ1) is 14.9. The summed E-state index contributed by atoms with van der Waals surface area (Å²) in [4.78, 5) is 44.2. The van der Waals surface area contributed by atoms with Crippen molar-refractivity contribution in [3.63, 3.8) is 0 Å². The molecule has 0 bridgehead atoms. The molecule has 158 valence electrons. The molecule has 1 spiro atoms.